The van der Waals surface area contributed by atoms with E-state index in [0.717, 1.165) is 6.26 Å². The summed E-state index contributed by atoms with van der Waals surface area (Å²) < 4.78 is 43.2. The zero-order valence-corrected chi connectivity index (χ0v) is 15.2. The number of hydrogen-bond acceptors (Lipinski definition) is 5. The molecule has 0 saturated carbocycles. The van der Waals surface area contributed by atoms with Crippen molar-refractivity contribution in [1.29, 1.82) is 0 Å². The second-order valence-corrected chi connectivity index (χ2v) is 8.10. The van der Waals surface area contributed by atoms with Crippen molar-refractivity contribution in [2.45, 2.75) is 18.9 Å². The maximum atomic E-state index is 13.0. The van der Waals surface area contributed by atoms with Gasteiger partial charge in [0, 0.05) is 31.8 Å². The van der Waals surface area contributed by atoms with E-state index in [1.807, 2.05) is 0 Å². The van der Waals surface area contributed by atoms with E-state index in [4.69, 9.17) is 10.5 Å². The van der Waals surface area contributed by atoms with Crippen molar-refractivity contribution in [3.8, 4) is 5.75 Å². The molecule has 1 aromatic carbocycles. The summed E-state index contributed by atoms with van der Waals surface area (Å²) in [6.45, 7) is 0.232. The lowest BCUT2D eigenvalue weighted by atomic mass is 9.91. The highest BCUT2D eigenvalue weighted by Crippen LogP contribution is 2.25. The van der Waals surface area contributed by atoms with Crippen LogP contribution in [0.25, 0.3) is 0 Å². The van der Waals surface area contributed by atoms with E-state index in [0.29, 0.717) is 18.7 Å². The Bertz CT molecular complexity index is 754. The van der Waals surface area contributed by atoms with Gasteiger partial charge in [-0.2, -0.15) is 0 Å². The van der Waals surface area contributed by atoms with E-state index in [1.54, 1.807) is 0 Å². The fourth-order valence-corrected chi connectivity index (χ4v) is 3.23. The molecule has 1 aromatic rings. The SMILES string of the molecule is CS(=O)(=O)NCC(=O)N1CC[C@H](Oc2ccc(F)cc2)[C@@H](CC(N)=O)C1. The van der Waals surface area contributed by atoms with Gasteiger partial charge in [0.1, 0.15) is 17.7 Å². The van der Waals surface area contributed by atoms with Crippen molar-refractivity contribution in [3.05, 3.63) is 30.1 Å². The Morgan fingerprint density at radius 3 is 2.58 bits per heavy atom. The lowest BCUT2D eigenvalue weighted by Crippen LogP contribution is -2.51. The molecular formula is C16H22FN3O5S. The molecule has 2 amide bonds. The molecule has 0 aliphatic carbocycles. The molecule has 0 aromatic heterocycles. The van der Waals surface area contributed by atoms with Crippen molar-refractivity contribution >= 4 is 21.8 Å². The number of likely N-dealkylation sites (tertiary alicyclic amines) is 1. The van der Waals surface area contributed by atoms with Crippen LogP contribution in [0, 0.1) is 11.7 Å². The zero-order valence-electron chi connectivity index (χ0n) is 14.4. The maximum Gasteiger partial charge on any atom is 0.237 e. The molecule has 0 unspecified atom stereocenters. The van der Waals surface area contributed by atoms with Crippen LogP contribution in [-0.4, -0.2) is 57.1 Å². The van der Waals surface area contributed by atoms with Gasteiger partial charge in [-0.15, -0.1) is 0 Å². The third-order valence-corrected chi connectivity index (χ3v) is 4.74. The first-order valence-corrected chi connectivity index (χ1v) is 9.96. The molecule has 2 atom stereocenters. The largest absolute Gasteiger partial charge is 0.490 e. The summed E-state index contributed by atoms with van der Waals surface area (Å²) in [6, 6.07) is 5.52. The number of primary amides is 1. The predicted octanol–water partition coefficient (Wildman–Crippen LogP) is -0.154. The molecule has 1 heterocycles. The van der Waals surface area contributed by atoms with Gasteiger partial charge in [0.2, 0.25) is 21.8 Å². The van der Waals surface area contributed by atoms with Gasteiger partial charge in [0.05, 0.1) is 12.8 Å². The molecule has 1 aliphatic heterocycles. The second-order valence-electron chi connectivity index (χ2n) is 6.26. The average Bonchev–Trinajstić information content (AvgIpc) is 2.55. The first-order valence-electron chi connectivity index (χ1n) is 8.07. The normalized spacial score (nSPS) is 20.6. The molecular weight excluding hydrogens is 365 g/mol. The molecule has 144 valence electrons. The number of ether oxygens (including phenoxy) is 1. The molecule has 26 heavy (non-hydrogen) atoms. The minimum atomic E-state index is -3.47. The monoisotopic (exact) mass is 387 g/mol. The van der Waals surface area contributed by atoms with Crippen molar-refractivity contribution in [1.82, 2.24) is 9.62 Å². The molecule has 2 rings (SSSR count). The summed E-state index contributed by atoms with van der Waals surface area (Å²) in [5, 5.41) is 0. The van der Waals surface area contributed by atoms with Gasteiger partial charge in [0.15, 0.2) is 0 Å². The van der Waals surface area contributed by atoms with E-state index in [2.05, 4.69) is 4.72 Å². The van der Waals surface area contributed by atoms with Crippen LogP contribution in [0.5, 0.6) is 5.75 Å². The molecule has 1 saturated heterocycles. The number of piperidine rings is 1. The summed E-state index contributed by atoms with van der Waals surface area (Å²) in [5.41, 5.74) is 5.30. The fraction of sp³-hybridized carbons (Fsp3) is 0.500. The number of hydrogen-bond donors (Lipinski definition) is 2. The first kappa shape index (κ1) is 20.1. The minimum absolute atomic E-state index is 0.0230. The minimum Gasteiger partial charge on any atom is -0.490 e. The molecule has 8 nitrogen and oxygen atoms in total. The van der Waals surface area contributed by atoms with Crippen molar-refractivity contribution in [2.24, 2.45) is 11.7 Å². The van der Waals surface area contributed by atoms with Gasteiger partial charge in [-0.05, 0) is 24.3 Å². The molecule has 3 N–H and O–H groups in total. The van der Waals surface area contributed by atoms with Crippen LogP contribution in [0.1, 0.15) is 12.8 Å². The summed E-state index contributed by atoms with van der Waals surface area (Å²) >= 11 is 0. The number of nitrogens with one attached hydrogen (secondary N) is 1. The smallest absolute Gasteiger partial charge is 0.237 e. The van der Waals surface area contributed by atoms with Crippen LogP contribution in [0.4, 0.5) is 4.39 Å². The zero-order chi connectivity index (χ0) is 19.3. The van der Waals surface area contributed by atoms with Crippen molar-refractivity contribution < 1.29 is 27.1 Å². The quantitative estimate of drug-likeness (QED) is 0.674. The number of amides is 2. The van der Waals surface area contributed by atoms with Crippen LogP contribution >= 0.6 is 0 Å². The average molecular weight is 387 g/mol. The molecule has 1 fully saturated rings. The highest BCUT2D eigenvalue weighted by Gasteiger charge is 2.34. The van der Waals surface area contributed by atoms with Gasteiger partial charge < -0.3 is 15.4 Å². The van der Waals surface area contributed by atoms with Crippen LogP contribution in [-0.2, 0) is 19.6 Å². The molecule has 0 radical (unpaired) electrons. The molecule has 0 bridgehead atoms. The Morgan fingerprint density at radius 1 is 1.35 bits per heavy atom. The Kier molecular flexibility index (Phi) is 6.54. The number of carbonyl (C=O) groups is 2. The topological polar surface area (TPSA) is 119 Å². The Labute approximate surface area is 151 Å². The second kappa shape index (κ2) is 8.45. The van der Waals surface area contributed by atoms with Gasteiger partial charge in [-0.3, -0.25) is 9.59 Å². The van der Waals surface area contributed by atoms with Crippen LogP contribution < -0.4 is 15.2 Å². The van der Waals surface area contributed by atoms with Gasteiger partial charge in [-0.25, -0.2) is 17.5 Å². The Morgan fingerprint density at radius 2 is 2.00 bits per heavy atom. The number of nitrogens with two attached hydrogens (primary N) is 1. The predicted molar refractivity (Wildman–Crippen MR) is 92.2 cm³/mol. The molecule has 10 heteroatoms. The van der Waals surface area contributed by atoms with Gasteiger partial charge in [-0.1, -0.05) is 0 Å². The Hall–Kier alpha value is -2.20. The fourth-order valence-electron chi connectivity index (χ4n) is 2.84. The third-order valence-electron chi connectivity index (χ3n) is 4.07. The van der Waals surface area contributed by atoms with E-state index >= 15 is 0 Å². The number of nitrogens with zero attached hydrogens (tertiary/aromatic N) is 1. The summed E-state index contributed by atoms with van der Waals surface area (Å²) in [7, 11) is -3.47. The van der Waals surface area contributed by atoms with E-state index < -0.39 is 15.9 Å². The number of carbonyl (C=O) groups excluding carboxylic acids is 2. The number of sulfonamides is 1. The molecule has 0 spiro atoms. The maximum absolute atomic E-state index is 13.0. The van der Waals surface area contributed by atoms with E-state index in [9.17, 15) is 22.4 Å². The summed E-state index contributed by atoms with van der Waals surface area (Å²) in [6.07, 6.45) is 1.08. The highest BCUT2D eigenvalue weighted by molar-refractivity contribution is 7.88. The lowest BCUT2D eigenvalue weighted by molar-refractivity contribution is -0.134. The van der Waals surface area contributed by atoms with Gasteiger partial charge >= 0.3 is 0 Å². The Balaban J connectivity index is 2.02. The number of halogens is 1. The van der Waals surface area contributed by atoms with Crippen LogP contribution in [0.2, 0.25) is 0 Å². The highest BCUT2D eigenvalue weighted by atomic mass is 32.2. The third kappa shape index (κ3) is 6.26. The summed E-state index contributed by atoms with van der Waals surface area (Å²) in [4.78, 5) is 25.0. The summed E-state index contributed by atoms with van der Waals surface area (Å²) in [5.74, 6) is -1.17. The lowest BCUT2D eigenvalue weighted by Gasteiger charge is -2.38. The number of rotatable bonds is 7. The number of benzene rings is 1. The van der Waals surface area contributed by atoms with Crippen molar-refractivity contribution in [3.63, 3.8) is 0 Å². The van der Waals surface area contributed by atoms with Crippen LogP contribution in [0.15, 0.2) is 24.3 Å². The van der Waals surface area contributed by atoms with Crippen molar-refractivity contribution in [2.75, 3.05) is 25.9 Å². The van der Waals surface area contributed by atoms with E-state index in [1.165, 1.54) is 29.2 Å². The van der Waals surface area contributed by atoms with Crippen LogP contribution in [0.3, 0.4) is 0 Å². The van der Waals surface area contributed by atoms with Gasteiger partial charge in [0.25, 0.3) is 0 Å². The van der Waals surface area contributed by atoms with E-state index in [-0.39, 0.29) is 43.3 Å². The first-order chi connectivity index (χ1) is 12.1. The standard InChI is InChI=1S/C16H22FN3O5S/c1-26(23,24)19-9-16(22)20-7-6-14(11(10-20)8-15(18)21)25-13-4-2-12(17)3-5-13/h2-5,11,14,19H,6-10H2,1H3,(H2,18,21)/t11-,14-/m0/s1. The molecule has 1 aliphatic rings.